The first-order valence-electron chi connectivity index (χ1n) is 3.64. The van der Waals surface area contributed by atoms with Crippen molar-refractivity contribution in [1.29, 1.82) is 0 Å². The van der Waals surface area contributed by atoms with Gasteiger partial charge in [0.2, 0.25) is 0 Å². The molecule has 0 aliphatic heterocycles. The van der Waals surface area contributed by atoms with Gasteiger partial charge in [0.25, 0.3) is 5.56 Å². The molecule has 0 aliphatic rings. The average Bonchev–Trinajstić information content (AvgIpc) is 1.81. The molecule has 1 aromatic rings. The molecular weight excluding hydrogens is 156 g/mol. The monoisotopic (exact) mass is 166 g/mol. The largest absolute Gasteiger partial charge is 0.310 e. The summed E-state index contributed by atoms with van der Waals surface area (Å²) in [5.41, 5.74) is 0.425. The van der Waals surface area contributed by atoms with Crippen LogP contribution in [0.15, 0.2) is 10.9 Å². The molecule has 0 spiro atoms. The lowest BCUT2D eigenvalue weighted by Gasteiger charge is -1.97. The van der Waals surface area contributed by atoms with Crippen molar-refractivity contribution in [3.8, 4) is 0 Å². The van der Waals surface area contributed by atoms with Crippen LogP contribution in [0.3, 0.4) is 0 Å². The normalized spacial score (nSPS) is 9.83. The predicted octanol–water partition coefficient (Wildman–Crippen LogP) is 0.210. The van der Waals surface area contributed by atoms with Crippen molar-refractivity contribution in [2.45, 2.75) is 20.3 Å². The summed E-state index contributed by atoms with van der Waals surface area (Å²) < 4.78 is 0. The first-order valence-corrected chi connectivity index (χ1v) is 3.64. The Morgan fingerprint density at radius 3 is 2.83 bits per heavy atom. The van der Waals surface area contributed by atoms with Gasteiger partial charge in [0.15, 0.2) is 0 Å². The van der Waals surface area contributed by atoms with E-state index in [1.165, 1.54) is 13.0 Å². The molecule has 0 atom stereocenters. The zero-order chi connectivity index (χ0) is 9.14. The maximum absolute atomic E-state index is 10.9. The van der Waals surface area contributed by atoms with Crippen molar-refractivity contribution in [1.82, 2.24) is 9.97 Å². The molecule has 0 aromatic carbocycles. The molecule has 0 bridgehead atoms. The quantitative estimate of drug-likeness (QED) is 0.683. The van der Waals surface area contributed by atoms with E-state index in [1.807, 2.05) is 0 Å². The molecule has 1 aromatic heterocycles. The van der Waals surface area contributed by atoms with E-state index in [4.69, 9.17) is 0 Å². The number of H-pyrrole nitrogens is 1. The Morgan fingerprint density at radius 2 is 2.33 bits per heavy atom. The Hall–Kier alpha value is -1.45. The minimum absolute atomic E-state index is 0.0104. The van der Waals surface area contributed by atoms with Crippen LogP contribution in [0.4, 0.5) is 0 Å². The van der Waals surface area contributed by atoms with Crippen molar-refractivity contribution in [3.05, 3.63) is 27.9 Å². The van der Waals surface area contributed by atoms with Gasteiger partial charge in [-0.25, -0.2) is 4.98 Å². The Kier molecular flexibility index (Phi) is 2.38. The van der Waals surface area contributed by atoms with Crippen LogP contribution in [0.2, 0.25) is 0 Å². The van der Waals surface area contributed by atoms with Crippen LogP contribution in [-0.4, -0.2) is 15.8 Å². The molecule has 0 saturated heterocycles. The van der Waals surface area contributed by atoms with E-state index in [0.29, 0.717) is 11.5 Å². The third kappa shape index (κ3) is 2.30. The van der Waals surface area contributed by atoms with Gasteiger partial charge in [0, 0.05) is 11.8 Å². The van der Waals surface area contributed by atoms with E-state index < -0.39 is 0 Å². The number of hydrogen-bond donors (Lipinski definition) is 1. The van der Waals surface area contributed by atoms with Gasteiger partial charge in [-0.15, -0.1) is 0 Å². The molecule has 1 heterocycles. The minimum Gasteiger partial charge on any atom is -0.310 e. The summed E-state index contributed by atoms with van der Waals surface area (Å²) in [5.74, 6) is 0.427. The van der Waals surface area contributed by atoms with Crippen LogP contribution in [0.1, 0.15) is 18.4 Å². The molecule has 0 aliphatic carbocycles. The molecule has 1 rings (SSSR count). The molecule has 0 saturated carbocycles. The molecule has 0 unspecified atom stereocenters. The Bertz CT molecular complexity index is 354. The molecule has 12 heavy (non-hydrogen) atoms. The highest BCUT2D eigenvalue weighted by Crippen LogP contribution is 1.91. The van der Waals surface area contributed by atoms with Gasteiger partial charge >= 0.3 is 0 Å². The molecule has 64 valence electrons. The first kappa shape index (κ1) is 8.64. The number of aromatic amines is 1. The van der Waals surface area contributed by atoms with Crippen LogP contribution < -0.4 is 5.56 Å². The smallest absolute Gasteiger partial charge is 0.251 e. The summed E-state index contributed by atoms with van der Waals surface area (Å²) in [6.45, 7) is 3.18. The van der Waals surface area contributed by atoms with Crippen LogP contribution >= 0.6 is 0 Å². The zero-order valence-electron chi connectivity index (χ0n) is 7.05. The second kappa shape index (κ2) is 3.30. The second-order valence-electron chi connectivity index (χ2n) is 2.71. The fourth-order valence-electron chi connectivity index (χ4n) is 0.961. The highest BCUT2D eigenvalue weighted by Gasteiger charge is 2.00. The van der Waals surface area contributed by atoms with Crippen LogP contribution in [0, 0.1) is 6.92 Å². The molecule has 0 radical (unpaired) electrons. The van der Waals surface area contributed by atoms with Gasteiger partial charge in [-0.3, -0.25) is 9.59 Å². The number of nitrogens with zero attached hydrogens (tertiary/aromatic N) is 1. The maximum Gasteiger partial charge on any atom is 0.251 e. The third-order valence-electron chi connectivity index (χ3n) is 1.34. The third-order valence-corrected chi connectivity index (χ3v) is 1.34. The van der Waals surface area contributed by atoms with E-state index in [1.54, 1.807) is 6.92 Å². The fraction of sp³-hybridized carbons (Fsp3) is 0.375. The van der Waals surface area contributed by atoms with E-state index in [0.717, 1.165) is 0 Å². The highest BCUT2D eigenvalue weighted by atomic mass is 16.1. The van der Waals surface area contributed by atoms with E-state index >= 15 is 0 Å². The first-order chi connectivity index (χ1) is 5.58. The van der Waals surface area contributed by atoms with E-state index in [2.05, 4.69) is 9.97 Å². The second-order valence-corrected chi connectivity index (χ2v) is 2.71. The lowest BCUT2D eigenvalue weighted by Crippen LogP contribution is -2.13. The van der Waals surface area contributed by atoms with Crippen molar-refractivity contribution in [2.24, 2.45) is 0 Å². The molecule has 0 fully saturated rings. The lowest BCUT2D eigenvalue weighted by molar-refractivity contribution is -0.116. The molecule has 4 heteroatoms. The topological polar surface area (TPSA) is 62.8 Å². The number of aromatic nitrogens is 2. The zero-order valence-corrected chi connectivity index (χ0v) is 7.05. The summed E-state index contributed by atoms with van der Waals surface area (Å²) in [4.78, 5) is 28.0. The van der Waals surface area contributed by atoms with Gasteiger partial charge < -0.3 is 4.98 Å². The number of carbonyl (C=O) groups excluding carboxylic acids is 1. The number of Topliss-reactive ketones (excluding diaryl/α,β-unsaturated/α-hetero) is 1. The summed E-state index contributed by atoms with van der Waals surface area (Å²) in [6, 6.07) is 1.39. The van der Waals surface area contributed by atoms with Crippen molar-refractivity contribution in [3.63, 3.8) is 0 Å². The summed E-state index contributed by atoms with van der Waals surface area (Å²) in [7, 11) is 0. The predicted molar refractivity (Wildman–Crippen MR) is 44.0 cm³/mol. The fourth-order valence-corrected chi connectivity index (χ4v) is 0.961. The number of aryl methyl sites for hydroxylation is 1. The van der Waals surface area contributed by atoms with E-state index in [9.17, 15) is 9.59 Å². The SMILES string of the molecule is CC(=O)Cc1nc(C)cc(=O)[nH]1. The van der Waals surface area contributed by atoms with Crippen LogP contribution in [-0.2, 0) is 11.2 Å². The Labute approximate surface area is 69.7 Å². The van der Waals surface area contributed by atoms with E-state index in [-0.39, 0.29) is 17.8 Å². The summed E-state index contributed by atoms with van der Waals surface area (Å²) in [6.07, 6.45) is 0.191. The Morgan fingerprint density at radius 1 is 1.67 bits per heavy atom. The summed E-state index contributed by atoms with van der Waals surface area (Å²) >= 11 is 0. The number of ketones is 1. The van der Waals surface area contributed by atoms with Gasteiger partial charge in [0.1, 0.15) is 11.6 Å². The van der Waals surface area contributed by atoms with Crippen LogP contribution in [0.5, 0.6) is 0 Å². The number of rotatable bonds is 2. The number of hydrogen-bond acceptors (Lipinski definition) is 3. The van der Waals surface area contributed by atoms with Gasteiger partial charge in [-0.1, -0.05) is 0 Å². The lowest BCUT2D eigenvalue weighted by atomic mass is 10.3. The molecule has 4 nitrogen and oxygen atoms in total. The number of carbonyl (C=O) groups is 1. The number of nitrogens with one attached hydrogen (secondary N) is 1. The van der Waals surface area contributed by atoms with Crippen molar-refractivity contribution >= 4 is 5.78 Å². The maximum atomic E-state index is 10.9. The van der Waals surface area contributed by atoms with Crippen molar-refractivity contribution < 1.29 is 4.79 Å². The van der Waals surface area contributed by atoms with Gasteiger partial charge in [-0.2, -0.15) is 0 Å². The molecular formula is C8H10N2O2. The van der Waals surface area contributed by atoms with Gasteiger partial charge in [0.05, 0.1) is 6.42 Å². The average molecular weight is 166 g/mol. The van der Waals surface area contributed by atoms with Gasteiger partial charge in [-0.05, 0) is 13.8 Å². The standard InChI is InChI=1S/C8H10N2O2/c1-5-3-8(12)10-7(9-5)4-6(2)11/h3H,4H2,1-2H3,(H,9,10,12). The van der Waals surface area contributed by atoms with Crippen LogP contribution in [0.25, 0.3) is 0 Å². The van der Waals surface area contributed by atoms with Crippen molar-refractivity contribution in [2.75, 3.05) is 0 Å². The summed E-state index contributed by atoms with van der Waals surface area (Å²) in [5, 5.41) is 0. The molecule has 0 amide bonds. The highest BCUT2D eigenvalue weighted by molar-refractivity contribution is 5.77. The minimum atomic E-state index is -0.209. The Balaban J connectivity index is 3.01. The molecule has 1 N–H and O–H groups in total.